The molecule has 1 atom stereocenters. The Balaban J connectivity index is 2.49. The zero-order chi connectivity index (χ0) is 13.1. The van der Waals surface area contributed by atoms with E-state index < -0.39 is 5.97 Å². The Morgan fingerprint density at radius 1 is 1.39 bits per heavy atom. The molecule has 1 N–H and O–H groups in total. The molecule has 2 rings (SSSR count). The van der Waals surface area contributed by atoms with E-state index in [4.69, 9.17) is 9.52 Å². The number of carbonyl (C=O) groups is 1. The SMILES string of the molecule is CCC(C)c1oc(-c2ccccc2)nc1C(=O)O. The summed E-state index contributed by atoms with van der Waals surface area (Å²) in [5, 5.41) is 9.15. The first-order chi connectivity index (χ1) is 8.63. The Morgan fingerprint density at radius 2 is 2.06 bits per heavy atom. The van der Waals surface area contributed by atoms with Gasteiger partial charge in [0.2, 0.25) is 5.89 Å². The number of nitrogens with zero attached hydrogens (tertiary/aromatic N) is 1. The van der Waals surface area contributed by atoms with Gasteiger partial charge < -0.3 is 9.52 Å². The Kier molecular flexibility index (Phi) is 3.46. The van der Waals surface area contributed by atoms with Gasteiger partial charge in [-0.15, -0.1) is 0 Å². The summed E-state index contributed by atoms with van der Waals surface area (Å²) in [6, 6.07) is 9.31. The van der Waals surface area contributed by atoms with Crippen molar-refractivity contribution in [3.63, 3.8) is 0 Å². The first-order valence-electron chi connectivity index (χ1n) is 5.93. The third-order valence-corrected chi connectivity index (χ3v) is 2.94. The molecule has 1 aromatic carbocycles. The van der Waals surface area contributed by atoms with E-state index in [0.717, 1.165) is 12.0 Å². The predicted molar refractivity (Wildman–Crippen MR) is 67.6 cm³/mol. The van der Waals surface area contributed by atoms with Gasteiger partial charge in [0, 0.05) is 11.5 Å². The average molecular weight is 245 g/mol. The Morgan fingerprint density at radius 3 is 2.61 bits per heavy atom. The maximum absolute atomic E-state index is 11.2. The molecular formula is C14H15NO3. The number of hydrogen-bond donors (Lipinski definition) is 1. The molecule has 0 aliphatic carbocycles. The highest BCUT2D eigenvalue weighted by molar-refractivity contribution is 5.87. The number of aromatic carboxylic acids is 1. The van der Waals surface area contributed by atoms with E-state index in [9.17, 15) is 4.79 Å². The third kappa shape index (κ3) is 2.27. The van der Waals surface area contributed by atoms with Crippen LogP contribution in [0, 0.1) is 0 Å². The highest BCUT2D eigenvalue weighted by Gasteiger charge is 2.23. The summed E-state index contributed by atoms with van der Waals surface area (Å²) in [5.74, 6) is -0.190. The molecule has 2 aromatic rings. The molecule has 0 amide bonds. The predicted octanol–water partition coefficient (Wildman–Crippen LogP) is 3.55. The van der Waals surface area contributed by atoms with E-state index in [1.807, 2.05) is 44.2 Å². The number of carboxylic acid groups (broad SMARTS) is 1. The number of benzene rings is 1. The Hall–Kier alpha value is -2.10. The lowest BCUT2D eigenvalue weighted by molar-refractivity contribution is 0.0688. The number of aromatic nitrogens is 1. The van der Waals surface area contributed by atoms with E-state index in [1.165, 1.54) is 0 Å². The van der Waals surface area contributed by atoms with Gasteiger partial charge in [-0.05, 0) is 18.6 Å². The largest absolute Gasteiger partial charge is 0.476 e. The molecule has 0 radical (unpaired) electrons. The van der Waals surface area contributed by atoms with E-state index in [-0.39, 0.29) is 11.6 Å². The second-order valence-electron chi connectivity index (χ2n) is 4.21. The van der Waals surface area contributed by atoms with Crippen molar-refractivity contribution in [2.24, 2.45) is 0 Å². The van der Waals surface area contributed by atoms with Crippen molar-refractivity contribution in [1.82, 2.24) is 4.98 Å². The van der Waals surface area contributed by atoms with Gasteiger partial charge in [-0.25, -0.2) is 9.78 Å². The Labute approximate surface area is 105 Å². The highest BCUT2D eigenvalue weighted by atomic mass is 16.4. The van der Waals surface area contributed by atoms with Gasteiger partial charge in [0.15, 0.2) is 5.69 Å². The van der Waals surface area contributed by atoms with Gasteiger partial charge in [0.25, 0.3) is 0 Å². The van der Waals surface area contributed by atoms with Crippen LogP contribution in [0.3, 0.4) is 0 Å². The van der Waals surface area contributed by atoms with Crippen LogP contribution < -0.4 is 0 Å². The van der Waals surface area contributed by atoms with Gasteiger partial charge in [0.1, 0.15) is 5.76 Å². The molecule has 0 aliphatic rings. The van der Waals surface area contributed by atoms with Crippen LogP contribution in [0.5, 0.6) is 0 Å². The summed E-state index contributed by atoms with van der Waals surface area (Å²) in [7, 11) is 0. The van der Waals surface area contributed by atoms with Crippen LogP contribution >= 0.6 is 0 Å². The van der Waals surface area contributed by atoms with Crippen LogP contribution in [0.1, 0.15) is 42.4 Å². The van der Waals surface area contributed by atoms with Crippen molar-refractivity contribution in [2.45, 2.75) is 26.2 Å². The van der Waals surface area contributed by atoms with Crippen molar-refractivity contribution < 1.29 is 14.3 Å². The fourth-order valence-corrected chi connectivity index (χ4v) is 1.71. The molecule has 4 heteroatoms. The molecule has 0 fully saturated rings. The van der Waals surface area contributed by atoms with Crippen molar-refractivity contribution in [2.75, 3.05) is 0 Å². The molecule has 0 bridgehead atoms. The molecule has 0 spiro atoms. The molecule has 1 aromatic heterocycles. The Bertz CT molecular complexity index is 545. The summed E-state index contributed by atoms with van der Waals surface area (Å²) in [6.45, 7) is 3.92. The van der Waals surface area contributed by atoms with Gasteiger partial charge in [-0.3, -0.25) is 0 Å². The monoisotopic (exact) mass is 245 g/mol. The topological polar surface area (TPSA) is 63.3 Å². The van der Waals surface area contributed by atoms with Crippen molar-refractivity contribution >= 4 is 5.97 Å². The number of hydrogen-bond acceptors (Lipinski definition) is 3. The number of carboxylic acids is 1. The molecule has 4 nitrogen and oxygen atoms in total. The molecule has 0 saturated carbocycles. The lowest BCUT2D eigenvalue weighted by Crippen LogP contribution is -2.03. The van der Waals surface area contributed by atoms with Gasteiger partial charge in [0.05, 0.1) is 0 Å². The van der Waals surface area contributed by atoms with Crippen LogP contribution in [-0.4, -0.2) is 16.1 Å². The molecule has 1 unspecified atom stereocenters. The van der Waals surface area contributed by atoms with Crippen LogP contribution in [0.25, 0.3) is 11.5 Å². The van der Waals surface area contributed by atoms with Gasteiger partial charge in [-0.2, -0.15) is 0 Å². The van der Waals surface area contributed by atoms with Crippen LogP contribution in [0.2, 0.25) is 0 Å². The second-order valence-corrected chi connectivity index (χ2v) is 4.21. The summed E-state index contributed by atoms with van der Waals surface area (Å²) in [6.07, 6.45) is 0.809. The molecule has 0 aliphatic heterocycles. The van der Waals surface area contributed by atoms with E-state index >= 15 is 0 Å². The maximum atomic E-state index is 11.2. The van der Waals surface area contributed by atoms with Crippen molar-refractivity contribution in [1.29, 1.82) is 0 Å². The average Bonchev–Trinajstić information content (AvgIpc) is 2.84. The standard InChI is InChI=1S/C14H15NO3/c1-3-9(2)12-11(14(16)17)15-13(18-12)10-7-5-4-6-8-10/h4-9H,3H2,1-2H3,(H,16,17). The van der Waals surface area contributed by atoms with Crippen molar-refractivity contribution in [3.05, 3.63) is 41.8 Å². The van der Waals surface area contributed by atoms with Gasteiger partial charge >= 0.3 is 5.97 Å². The van der Waals surface area contributed by atoms with Crippen LogP contribution in [-0.2, 0) is 0 Å². The zero-order valence-corrected chi connectivity index (χ0v) is 10.4. The number of rotatable bonds is 4. The summed E-state index contributed by atoms with van der Waals surface area (Å²) >= 11 is 0. The van der Waals surface area contributed by atoms with E-state index in [1.54, 1.807) is 0 Å². The minimum atomic E-state index is -1.05. The van der Waals surface area contributed by atoms with E-state index in [2.05, 4.69) is 4.98 Å². The molecule has 94 valence electrons. The maximum Gasteiger partial charge on any atom is 0.358 e. The van der Waals surface area contributed by atoms with Crippen molar-refractivity contribution in [3.8, 4) is 11.5 Å². The summed E-state index contributed by atoms with van der Waals surface area (Å²) < 4.78 is 5.62. The quantitative estimate of drug-likeness (QED) is 0.894. The fourth-order valence-electron chi connectivity index (χ4n) is 1.71. The lowest BCUT2D eigenvalue weighted by atomic mass is 10.0. The first kappa shape index (κ1) is 12.4. The lowest BCUT2D eigenvalue weighted by Gasteiger charge is -2.04. The zero-order valence-electron chi connectivity index (χ0n) is 10.4. The van der Waals surface area contributed by atoms with Crippen LogP contribution in [0.4, 0.5) is 0 Å². The fraction of sp³-hybridized carbons (Fsp3) is 0.286. The summed E-state index contributed by atoms with van der Waals surface area (Å²) in [4.78, 5) is 15.2. The molecular weight excluding hydrogens is 230 g/mol. The summed E-state index contributed by atoms with van der Waals surface area (Å²) in [5.41, 5.74) is 0.803. The second kappa shape index (κ2) is 5.04. The van der Waals surface area contributed by atoms with E-state index in [0.29, 0.717) is 11.7 Å². The van der Waals surface area contributed by atoms with Crippen LogP contribution in [0.15, 0.2) is 34.7 Å². The smallest absolute Gasteiger partial charge is 0.358 e. The molecule has 1 heterocycles. The number of oxazole rings is 1. The minimum Gasteiger partial charge on any atom is -0.476 e. The minimum absolute atomic E-state index is 0.0169. The van der Waals surface area contributed by atoms with Gasteiger partial charge in [-0.1, -0.05) is 32.0 Å². The third-order valence-electron chi connectivity index (χ3n) is 2.94. The normalized spacial score (nSPS) is 12.3. The molecule has 0 saturated heterocycles. The first-order valence-corrected chi connectivity index (χ1v) is 5.93. The molecule has 18 heavy (non-hydrogen) atoms. The highest BCUT2D eigenvalue weighted by Crippen LogP contribution is 2.28.